The minimum Gasteiger partial charge on any atom is -0.472 e. The van der Waals surface area contributed by atoms with Crippen molar-refractivity contribution in [3.05, 3.63) is 52.9 Å². The van der Waals surface area contributed by atoms with Gasteiger partial charge in [0.1, 0.15) is 6.61 Å². The average molecular weight is 235 g/mol. The number of halogens is 1. The second kappa shape index (κ2) is 4.94. The van der Waals surface area contributed by atoms with E-state index in [9.17, 15) is 0 Å². The highest BCUT2D eigenvalue weighted by atomic mass is 35.5. The van der Waals surface area contributed by atoms with Crippen LogP contribution < -0.4 is 4.74 Å². The molecule has 16 heavy (non-hydrogen) atoms. The standard InChI is InChI=1S/C12H11ClN2O/c1-9-7-14-12(13)15-11(9)16-8-10-5-3-2-4-6-10/h2-7H,8H2,1H3. The Kier molecular flexibility index (Phi) is 3.37. The van der Waals surface area contributed by atoms with Crippen LogP contribution in [-0.2, 0) is 6.61 Å². The average Bonchev–Trinajstić information content (AvgIpc) is 2.32. The van der Waals surface area contributed by atoms with E-state index in [1.54, 1.807) is 6.20 Å². The Morgan fingerprint density at radius 3 is 2.75 bits per heavy atom. The molecule has 0 spiro atoms. The smallest absolute Gasteiger partial charge is 0.225 e. The molecule has 1 heterocycles. The number of hydrogen-bond donors (Lipinski definition) is 0. The van der Waals surface area contributed by atoms with Gasteiger partial charge in [0, 0.05) is 11.8 Å². The summed E-state index contributed by atoms with van der Waals surface area (Å²) in [5.41, 5.74) is 1.97. The van der Waals surface area contributed by atoms with Crippen molar-refractivity contribution in [1.82, 2.24) is 9.97 Å². The second-order valence-corrected chi connectivity index (χ2v) is 3.74. The van der Waals surface area contributed by atoms with Crippen LogP contribution in [0, 0.1) is 6.92 Å². The molecular formula is C12H11ClN2O. The predicted molar refractivity (Wildman–Crippen MR) is 62.6 cm³/mol. The molecule has 0 aliphatic heterocycles. The number of ether oxygens (including phenoxy) is 1. The van der Waals surface area contributed by atoms with Crippen molar-refractivity contribution in [2.45, 2.75) is 13.5 Å². The molecule has 3 nitrogen and oxygen atoms in total. The Bertz CT molecular complexity index is 474. The number of hydrogen-bond acceptors (Lipinski definition) is 3. The van der Waals surface area contributed by atoms with Gasteiger partial charge in [-0.1, -0.05) is 30.3 Å². The summed E-state index contributed by atoms with van der Waals surface area (Å²) in [7, 11) is 0. The number of benzene rings is 1. The van der Waals surface area contributed by atoms with Gasteiger partial charge in [0.05, 0.1) is 0 Å². The first-order valence-electron chi connectivity index (χ1n) is 4.91. The Morgan fingerprint density at radius 2 is 2.00 bits per heavy atom. The molecule has 0 aliphatic carbocycles. The van der Waals surface area contributed by atoms with Crippen LogP contribution >= 0.6 is 11.6 Å². The summed E-state index contributed by atoms with van der Waals surface area (Å²) in [6.07, 6.45) is 1.65. The van der Waals surface area contributed by atoms with Crippen LogP contribution in [-0.4, -0.2) is 9.97 Å². The van der Waals surface area contributed by atoms with E-state index in [1.165, 1.54) is 0 Å². The van der Waals surface area contributed by atoms with Crippen LogP contribution in [0.3, 0.4) is 0 Å². The van der Waals surface area contributed by atoms with E-state index in [0.29, 0.717) is 12.5 Å². The third-order valence-corrected chi connectivity index (χ3v) is 2.30. The summed E-state index contributed by atoms with van der Waals surface area (Å²) in [5.74, 6) is 0.531. The molecule has 1 aromatic carbocycles. The van der Waals surface area contributed by atoms with Gasteiger partial charge in [0.2, 0.25) is 11.2 Å². The molecule has 2 rings (SSSR count). The van der Waals surface area contributed by atoms with Crippen LogP contribution in [0.2, 0.25) is 5.28 Å². The Balaban J connectivity index is 2.08. The SMILES string of the molecule is Cc1cnc(Cl)nc1OCc1ccccc1. The minimum atomic E-state index is 0.202. The normalized spacial score (nSPS) is 10.1. The van der Waals surface area contributed by atoms with Crippen molar-refractivity contribution in [3.63, 3.8) is 0 Å². The number of aromatic nitrogens is 2. The number of rotatable bonds is 3. The molecule has 0 unspecified atom stereocenters. The van der Waals surface area contributed by atoms with Gasteiger partial charge < -0.3 is 4.74 Å². The number of nitrogens with zero attached hydrogens (tertiary/aromatic N) is 2. The van der Waals surface area contributed by atoms with E-state index in [-0.39, 0.29) is 5.28 Å². The van der Waals surface area contributed by atoms with Gasteiger partial charge in [0.15, 0.2) is 0 Å². The highest BCUT2D eigenvalue weighted by Gasteiger charge is 2.03. The topological polar surface area (TPSA) is 35.0 Å². The summed E-state index contributed by atoms with van der Waals surface area (Å²) in [4.78, 5) is 7.89. The van der Waals surface area contributed by atoms with E-state index in [1.807, 2.05) is 37.3 Å². The molecule has 0 saturated heterocycles. The lowest BCUT2D eigenvalue weighted by Crippen LogP contribution is -1.99. The zero-order chi connectivity index (χ0) is 11.4. The highest BCUT2D eigenvalue weighted by molar-refractivity contribution is 6.28. The molecule has 0 saturated carbocycles. The van der Waals surface area contributed by atoms with Gasteiger partial charge in [-0.05, 0) is 24.1 Å². The molecule has 0 atom stereocenters. The molecular weight excluding hydrogens is 224 g/mol. The molecule has 0 fully saturated rings. The van der Waals surface area contributed by atoms with Crippen molar-refractivity contribution in [2.24, 2.45) is 0 Å². The van der Waals surface area contributed by atoms with E-state index < -0.39 is 0 Å². The van der Waals surface area contributed by atoms with Crippen molar-refractivity contribution in [2.75, 3.05) is 0 Å². The third-order valence-electron chi connectivity index (χ3n) is 2.11. The summed E-state index contributed by atoms with van der Waals surface area (Å²) in [6.45, 7) is 2.37. The maximum Gasteiger partial charge on any atom is 0.225 e. The van der Waals surface area contributed by atoms with Crippen LogP contribution in [0.1, 0.15) is 11.1 Å². The number of aryl methyl sites for hydroxylation is 1. The summed E-state index contributed by atoms with van der Waals surface area (Å²) >= 11 is 5.70. The maximum absolute atomic E-state index is 5.70. The summed E-state index contributed by atoms with van der Waals surface area (Å²) in [6, 6.07) is 9.91. The fraction of sp³-hybridized carbons (Fsp3) is 0.167. The predicted octanol–water partition coefficient (Wildman–Crippen LogP) is 3.02. The monoisotopic (exact) mass is 234 g/mol. The van der Waals surface area contributed by atoms with Crippen LogP contribution in [0.25, 0.3) is 0 Å². The second-order valence-electron chi connectivity index (χ2n) is 3.40. The van der Waals surface area contributed by atoms with Gasteiger partial charge >= 0.3 is 0 Å². The fourth-order valence-electron chi connectivity index (χ4n) is 1.28. The highest BCUT2D eigenvalue weighted by Crippen LogP contribution is 2.16. The zero-order valence-corrected chi connectivity index (χ0v) is 9.61. The largest absolute Gasteiger partial charge is 0.472 e. The first-order valence-corrected chi connectivity index (χ1v) is 5.29. The molecule has 0 bridgehead atoms. The van der Waals surface area contributed by atoms with E-state index in [0.717, 1.165) is 11.1 Å². The van der Waals surface area contributed by atoms with Crippen molar-refractivity contribution < 1.29 is 4.74 Å². The molecule has 0 aliphatic rings. The summed E-state index contributed by atoms with van der Waals surface area (Å²) < 4.78 is 5.57. The van der Waals surface area contributed by atoms with Crippen LogP contribution in [0.15, 0.2) is 36.5 Å². The lowest BCUT2D eigenvalue weighted by atomic mass is 10.2. The van der Waals surface area contributed by atoms with Gasteiger partial charge in [-0.2, -0.15) is 4.98 Å². The molecule has 0 amide bonds. The quantitative estimate of drug-likeness (QED) is 0.766. The first-order chi connectivity index (χ1) is 7.75. The van der Waals surface area contributed by atoms with Gasteiger partial charge in [-0.25, -0.2) is 4.98 Å². The van der Waals surface area contributed by atoms with E-state index in [2.05, 4.69) is 9.97 Å². The molecule has 82 valence electrons. The maximum atomic E-state index is 5.70. The zero-order valence-electron chi connectivity index (χ0n) is 8.85. The molecule has 2 aromatic rings. The lowest BCUT2D eigenvalue weighted by molar-refractivity contribution is 0.291. The lowest BCUT2D eigenvalue weighted by Gasteiger charge is -2.07. The van der Waals surface area contributed by atoms with Crippen molar-refractivity contribution in [1.29, 1.82) is 0 Å². The molecule has 0 radical (unpaired) electrons. The van der Waals surface area contributed by atoms with Crippen molar-refractivity contribution >= 4 is 11.6 Å². The Morgan fingerprint density at radius 1 is 1.25 bits per heavy atom. The van der Waals surface area contributed by atoms with Gasteiger partial charge in [-0.15, -0.1) is 0 Å². The first kappa shape index (κ1) is 10.9. The van der Waals surface area contributed by atoms with Crippen LogP contribution in [0.4, 0.5) is 0 Å². The Hall–Kier alpha value is -1.61. The third kappa shape index (κ3) is 2.70. The van der Waals surface area contributed by atoms with Gasteiger partial charge in [0.25, 0.3) is 0 Å². The Labute approximate surface area is 99.1 Å². The fourth-order valence-corrected chi connectivity index (χ4v) is 1.40. The minimum absolute atomic E-state index is 0.202. The summed E-state index contributed by atoms with van der Waals surface area (Å²) in [5, 5.41) is 0.202. The van der Waals surface area contributed by atoms with Crippen LogP contribution in [0.5, 0.6) is 5.88 Å². The van der Waals surface area contributed by atoms with Gasteiger partial charge in [-0.3, -0.25) is 0 Å². The van der Waals surface area contributed by atoms with Crippen molar-refractivity contribution in [3.8, 4) is 5.88 Å². The molecule has 4 heteroatoms. The molecule has 1 aromatic heterocycles. The van der Waals surface area contributed by atoms with E-state index in [4.69, 9.17) is 16.3 Å². The molecule has 0 N–H and O–H groups in total. The van der Waals surface area contributed by atoms with E-state index >= 15 is 0 Å².